The van der Waals surface area contributed by atoms with Crippen molar-refractivity contribution in [3.8, 4) is 5.75 Å². The summed E-state index contributed by atoms with van der Waals surface area (Å²) in [4.78, 5) is 27.7. The zero-order valence-corrected chi connectivity index (χ0v) is 21.9. The third kappa shape index (κ3) is 7.25. The van der Waals surface area contributed by atoms with Crippen molar-refractivity contribution in [2.45, 2.75) is 32.9 Å². The summed E-state index contributed by atoms with van der Waals surface area (Å²) in [6, 6.07) is 10.7. The monoisotopic (exact) mass is 529 g/mol. The van der Waals surface area contributed by atoms with E-state index in [-0.39, 0.29) is 28.2 Å². The summed E-state index contributed by atoms with van der Waals surface area (Å²) in [5, 5.41) is 3.13. The summed E-state index contributed by atoms with van der Waals surface area (Å²) < 4.78 is 31.4. The van der Waals surface area contributed by atoms with Gasteiger partial charge in [0.2, 0.25) is 21.8 Å². The fraction of sp³-hybridized carbons (Fsp3) is 0.391. The number of anilines is 1. The van der Waals surface area contributed by atoms with Crippen molar-refractivity contribution >= 4 is 50.7 Å². The number of likely N-dealkylation sites (N-methyl/N-ethyl adjacent to an activating group) is 1. The highest BCUT2D eigenvalue weighted by Crippen LogP contribution is 2.31. The Kier molecular flexibility index (Phi) is 10.0. The largest absolute Gasteiger partial charge is 0.497 e. The highest BCUT2D eigenvalue weighted by atomic mass is 35.5. The van der Waals surface area contributed by atoms with Crippen LogP contribution in [0.15, 0.2) is 42.5 Å². The van der Waals surface area contributed by atoms with Crippen molar-refractivity contribution in [1.82, 2.24) is 10.2 Å². The molecule has 1 unspecified atom stereocenters. The Hall–Kier alpha value is -2.49. The van der Waals surface area contributed by atoms with Gasteiger partial charge in [0.1, 0.15) is 18.3 Å². The van der Waals surface area contributed by atoms with Crippen LogP contribution in [-0.4, -0.2) is 57.6 Å². The smallest absolute Gasteiger partial charge is 0.244 e. The number of nitrogens with zero attached hydrogens (tertiary/aromatic N) is 2. The van der Waals surface area contributed by atoms with Gasteiger partial charge in [-0.05, 0) is 49.2 Å². The molecule has 8 nitrogen and oxygen atoms in total. The summed E-state index contributed by atoms with van der Waals surface area (Å²) >= 11 is 12.3. The third-order valence-electron chi connectivity index (χ3n) is 5.08. The minimum Gasteiger partial charge on any atom is -0.497 e. The number of hydrogen-bond donors (Lipinski definition) is 1. The van der Waals surface area contributed by atoms with Gasteiger partial charge in [0.05, 0.1) is 24.1 Å². The second-order valence-corrected chi connectivity index (χ2v) is 10.3. The van der Waals surface area contributed by atoms with Crippen molar-refractivity contribution in [1.29, 1.82) is 0 Å². The summed E-state index contributed by atoms with van der Waals surface area (Å²) in [5.41, 5.74) is 0.805. The molecule has 0 saturated heterocycles. The molecule has 1 atom stereocenters. The van der Waals surface area contributed by atoms with Crippen molar-refractivity contribution in [2.24, 2.45) is 0 Å². The minimum atomic E-state index is -3.91. The van der Waals surface area contributed by atoms with E-state index in [1.54, 1.807) is 38.1 Å². The average Bonchev–Trinajstić information content (AvgIpc) is 2.78. The van der Waals surface area contributed by atoms with Crippen LogP contribution in [0.1, 0.15) is 25.8 Å². The van der Waals surface area contributed by atoms with Crippen LogP contribution < -0.4 is 14.4 Å². The predicted molar refractivity (Wildman–Crippen MR) is 135 cm³/mol. The maximum atomic E-state index is 13.6. The fourth-order valence-corrected chi connectivity index (χ4v) is 4.74. The van der Waals surface area contributed by atoms with Gasteiger partial charge in [-0.25, -0.2) is 8.42 Å². The molecule has 0 fully saturated rings. The second kappa shape index (κ2) is 12.3. The zero-order valence-electron chi connectivity index (χ0n) is 19.5. The lowest BCUT2D eigenvalue weighted by Gasteiger charge is -2.33. The summed E-state index contributed by atoms with van der Waals surface area (Å²) in [5.74, 6) is -0.297. The first-order chi connectivity index (χ1) is 16.0. The summed E-state index contributed by atoms with van der Waals surface area (Å²) in [6.07, 6.45) is 1.31. The zero-order chi connectivity index (χ0) is 25.5. The molecule has 0 saturated carbocycles. The van der Waals surface area contributed by atoms with E-state index in [2.05, 4.69) is 5.32 Å². The van der Waals surface area contributed by atoms with Gasteiger partial charge in [0.25, 0.3) is 0 Å². The van der Waals surface area contributed by atoms with Crippen molar-refractivity contribution < 1.29 is 22.7 Å². The molecule has 0 aromatic heterocycles. The van der Waals surface area contributed by atoms with Crippen LogP contribution in [0.4, 0.5) is 5.69 Å². The molecular weight excluding hydrogens is 501 g/mol. The SMILES string of the molecule is CCNC(=O)C(CC)N(Cc1cccc(OC)c1)C(=O)CN(c1cc(Cl)ccc1Cl)S(C)(=O)=O. The van der Waals surface area contributed by atoms with E-state index in [0.29, 0.717) is 18.7 Å². The molecule has 0 aliphatic heterocycles. The first kappa shape index (κ1) is 27.8. The van der Waals surface area contributed by atoms with Crippen molar-refractivity contribution in [3.05, 3.63) is 58.1 Å². The molecule has 0 aliphatic rings. The number of benzene rings is 2. The van der Waals surface area contributed by atoms with Gasteiger partial charge in [-0.15, -0.1) is 0 Å². The van der Waals surface area contributed by atoms with Gasteiger partial charge >= 0.3 is 0 Å². The third-order valence-corrected chi connectivity index (χ3v) is 6.76. The number of halogens is 2. The normalized spacial score (nSPS) is 12.1. The molecule has 34 heavy (non-hydrogen) atoms. The Morgan fingerprint density at radius 3 is 2.41 bits per heavy atom. The lowest BCUT2D eigenvalue weighted by atomic mass is 10.1. The Labute approximate surface area is 210 Å². The second-order valence-electron chi connectivity index (χ2n) is 7.56. The highest BCUT2D eigenvalue weighted by molar-refractivity contribution is 7.92. The average molecular weight is 530 g/mol. The Bertz CT molecular complexity index is 1130. The van der Waals surface area contributed by atoms with Crippen LogP contribution >= 0.6 is 23.2 Å². The van der Waals surface area contributed by atoms with Gasteiger partial charge in [0.15, 0.2) is 0 Å². The molecule has 1 N–H and O–H groups in total. The van der Waals surface area contributed by atoms with E-state index in [1.165, 1.54) is 30.2 Å². The number of hydrogen-bond acceptors (Lipinski definition) is 5. The van der Waals surface area contributed by atoms with Crippen LogP contribution in [0.3, 0.4) is 0 Å². The maximum absolute atomic E-state index is 13.6. The minimum absolute atomic E-state index is 0.0759. The Balaban J connectivity index is 2.49. The van der Waals surface area contributed by atoms with E-state index in [4.69, 9.17) is 27.9 Å². The summed E-state index contributed by atoms with van der Waals surface area (Å²) in [7, 11) is -2.38. The molecule has 0 spiro atoms. The lowest BCUT2D eigenvalue weighted by molar-refractivity contribution is -0.140. The molecule has 2 rings (SSSR count). The molecular formula is C23H29Cl2N3O5S. The van der Waals surface area contributed by atoms with Gasteiger partial charge in [-0.2, -0.15) is 0 Å². The quantitative estimate of drug-likeness (QED) is 0.478. The van der Waals surface area contributed by atoms with Crippen LogP contribution in [0.25, 0.3) is 0 Å². The van der Waals surface area contributed by atoms with Crippen LogP contribution in [0, 0.1) is 0 Å². The Morgan fingerprint density at radius 2 is 1.82 bits per heavy atom. The van der Waals surface area contributed by atoms with Gasteiger partial charge in [-0.3, -0.25) is 13.9 Å². The number of methoxy groups -OCH3 is 1. The van der Waals surface area contributed by atoms with Crippen molar-refractivity contribution in [3.63, 3.8) is 0 Å². The molecule has 11 heteroatoms. The Morgan fingerprint density at radius 1 is 1.12 bits per heavy atom. The topological polar surface area (TPSA) is 96.0 Å². The van der Waals surface area contributed by atoms with Crippen molar-refractivity contribution in [2.75, 3.05) is 30.8 Å². The molecule has 0 bridgehead atoms. The van der Waals surface area contributed by atoms with Crippen LogP contribution in [0.2, 0.25) is 10.0 Å². The number of nitrogens with one attached hydrogen (secondary N) is 1. The van der Waals surface area contributed by atoms with E-state index in [0.717, 1.165) is 16.1 Å². The first-order valence-electron chi connectivity index (χ1n) is 10.6. The van der Waals surface area contributed by atoms with Gasteiger partial charge < -0.3 is 15.0 Å². The number of amides is 2. The fourth-order valence-electron chi connectivity index (χ4n) is 3.45. The molecule has 2 amide bonds. The van der Waals surface area contributed by atoms with E-state index >= 15 is 0 Å². The molecule has 2 aromatic carbocycles. The van der Waals surface area contributed by atoms with Gasteiger partial charge in [-0.1, -0.05) is 42.3 Å². The maximum Gasteiger partial charge on any atom is 0.244 e. The highest BCUT2D eigenvalue weighted by Gasteiger charge is 2.32. The molecule has 0 radical (unpaired) electrons. The van der Waals surface area contributed by atoms with Crippen LogP contribution in [-0.2, 0) is 26.2 Å². The number of ether oxygens (including phenoxy) is 1. The lowest BCUT2D eigenvalue weighted by Crippen LogP contribution is -2.52. The van der Waals surface area contributed by atoms with E-state index < -0.39 is 28.5 Å². The molecule has 0 heterocycles. The van der Waals surface area contributed by atoms with Crippen LogP contribution in [0.5, 0.6) is 5.75 Å². The molecule has 186 valence electrons. The molecule has 2 aromatic rings. The number of carbonyl (C=O) groups is 2. The number of carbonyl (C=O) groups excluding carboxylic acids is 2. The predicted octanol–water partition coefficient (Wildman–Crippen LogP) is 3.71. The van der Waals surface area contributed by atoms with E-state index in [9.17, 15) is 18.0 Å². The summed E-state index contributed by atoms with van der Waals surface area (Å²) in [6.45, 7) is 3.48. The van der Waals surface area contributed by atoms with Gasteiger partial charge in [0, 0.05) is 18.1 Å². The molecule has 0 aliphatic carbocycles. The standard InChI is InChI=1S/C23H29Cl2N3O5S/c1-5-20(23(30)26-6-2)27(14-16-8-7-9-18(12-16)33-3)22(29)15-28(34(4,31)32)21-13-17(24)10-11-19(21)25/h7-13,20H,5-6,14-15H2,1-4H3,(H,26,30). The number of rotatable bonds is 11. The van der Waals surface area contributed by atoms with E-state index in [1.807, 2.05) is 0 Å². The first-order valence-corrected chi connectivity index (χ1v) is 13.2. The number of sulfonamides is 1.